The van der Waals surface area contributed by atoms with Gasteiger partial charge in [0.05, 0.1) is 28.2 Å². The second kappa shape index (κ2) is 5.64. The first-order valence-electron chi connectivity index (χ1n) is 5.93. The summed E-state index contributed by atoms with van der Waals surface area (Å²) in [6.45, 7) is 0. The number of hydrogen-bond acceptors (Lipinski definition) is 3. The summed E-state index contributed by atoms with van der Waals surface area (Å²) in [5.74, 6) is 0.869. The van der Waals surface area contributed by atoms with Crippen LogP contribution in [0.25, 0.3) is 16.9 Å². The van der Waals surface area contributed by atoms with Gasteiger partial charge < -0.3 is 0 Å². The fourth-order valence-electron chi connectivity index (χ4n) is 2.09. The van der Waals surface area contributed by atoms with Crippen LogP contribution in [0.5, 0.6) is 0 Å². The van der Waals surface area contributed by atoms with Gasteiger partial charge in [0.2, 0.25) is 0 Å². The van der Waals surface area contributed by atoms with Crippen molar-refractivity contribution in [1.82, 2.24) is 14.5 Å². The normalized spacial score (nSPS) is 10.8. The molecule has 4 nitrogen and oxygen atoms in total. The average Bonchev–Trinajstić information content (AvgIpc) is 2.84. The molecule has 0 aliphatic rings. The maximum Gasteiger partial charge on any atom is 0.164 e. The predicted molar refractivity (Wildman–Crippen MR) is 85.8 cm³/mol. The van der Waals surface area contributed by atoms with Gasteiger partial charge in [-0.15, -0.1) is 11.6 Å². The number of imidazole rings is 1. The zero-order valence-corrected chi connectivity index (χ0v) is 13.6. The predicted octanol–water partition coefficient (Wildman–Crippen LogP) is 4.45. The summed E-state index contributed by atoms with van der Waals surface area (Å²) in [5, 5.41) is 9.37. The molecule has 0 aliphatic carbocycles. The molecule has 0 aliphatic heterocycles. The molecule has 0 radical (unpaired) electrons. The zero-order chi connectivity index (χ0) is 15.0. The first-order valence-corrected chi connectivity index (χ1v) is 7.63. The molecule has 0 unspecified atom stereocenters. The number of rotatable bonds is 2. The molecule has 0 saturated carbocycles. The molecule has 7 heteroatoms. The molecule has 1 aromatic carbocycles. The van der Waals surface area contributed by atoms with Gasteiger partial charge in [-0.3, -0.25) is 4.57 Å². The van der Waals surface area contributed by atoms with Crippen molar-refractivity contribution in [2.24, 2.45) is 0 Å². The van der Waals surface area contributed by atoms with E-state index in [1.807, 2.05) is 6.07 Å². The highest BCUT2D eigenvalue weighted by Gasteiger charge is 2.15. The van der Waals surface area contributed by atoms with Gasteiger partial charge in [-0.05, 0) is 40.2 Å². The molecule has 0 fully saturated rings. The molecule has 3 aromatic rings. The van der Waals surface area contributed by atoms with E-state index in [1.165, 1.54) is 0 Å². The summed E-state index contributed by atoms with van der Waals surface area (Å²) in [7, 11) is 0. The molecular formula is C14H7BrCl2N4. The highest BCUT2D eigenvalue weighted by Crippen LogP contribution is 2.28. The van der Waals surface area contributed by atoms with E-state index in [2.05, 4.69) is 32.0 Å². The Kier molecular flexibility index (Phi) is 3.85. The van der Waals surface area contributed by atoms with Crippen molar-refractivity contribution >= 4 is 50.3 Å². The monoisotopic (exact) mass is 380 g/mol. The number of halogens is 3. The van der Waals surface area contributed by atoms with Gasteiger partial charge in [0.25, 0.3) is 0 Å². The summed E-state index contributed by atoms with van der Waals surface area (Å²) >= 11 is 15.6. The Morgan fingerprint density at radius 3 is 2.81 bits per heavy atom. The minimum atomic E-state index is 0.226. The number of alkyl halides is 1. The van der Waals surface area contributed by atoms with Crippen LogP contribution in [-0.2, 0) is 5.88 Å². The van der Waals surface area contributed by atoms with Crippen molar-refractivity contribution < 1.29 is 0 Å². The Morgan fingerprint density at radius 1 is 1.33 bits per heavy atom. The molecule has 0 saturated heterocycles. The van der Waals surface area contributed by atoms with Gasteiger partial charge in [0.15, 0.2) is 5.65 Å². The zero-order valence-electron chi connectivity index (χ0n) is 10.5. The van der Waals surface area contributed by atoms with Gasteiger partial charge >= 0.3 is 0 Å². The molecule has 0 spiro atoms. The van der Waals surface area contributed by atoms with E-state index < -0.39 is 0 Å². The maximum absolute atomic E-state index is 8.92. The lowest BCUT2D eigenvalue weighted by molar-refractivity contribution is 0.969. The minimum Gasteiger partial charge on any atom is -0.278 e. The van der Waals surface area contributed by atoms with Gasteiger partial charge in [-0.2, -0.15) is 5.26 Å². The van der Waals surface area contributed by atoms with Crippen LogP contribution in [0.2, 0.25) is 5.02 Å². The summed E-state index contributed by atoms with van der Waals surface area (Å²) in [5.41, 5.74) is 2.58. The highest BCUT2D eigenvalue weighted by molar-refractivity contribution is 9.10. The number of aromatic nitrogens is 3. The van der Waals surface area contributed by atoms with Crippen molar-refractivity contribution in [2.45, 2.75) is 5.88 Å². The Labute approximate surface area is 139 Å². The van der Waals surface area contributed by atoms with E-state index in [1.54, 1.807) is 29.0 Å². The number of benzene rings is 1. The van der Waals surface area contributed by atoms with Gasteiger partial charge in [-0.1, -0.05) is 11.6 Å². The number of fused-ring (bicyclic) bond motifs is 1. The summed E-state index contributed by atoms with van der Waals surface area (Å²) < 4.78 is 2.64. The first-order chi connectivity index (χ1) is 10.1. The molecule has 0 N–H and O–H groups in total. The summed E-state index contributed by atoms with van der Waals surface area (Å²) in [6, 6.07) is 9.00. The quantitative estimate of drug-likeness (QED) is 0.616. The largest absolute Gasteiger partial charge is 0.278 e. The lowest BCUT2D eigenvalue weighted by Gasteiger charge is -2.09. The molecule has 21 heavy (non-hydrogen) atoms. The van der Waals surface area contributed by atoms with Crippen LogP contribution < -0.4 is 0 Å². The second-order valence-corrected chi connectivity index (χ2v) is 5.86. The lowest BCUT2D eigenvalue weighted by Crippen LogP contribution is -2.01. The van der Waals surface area contributed by atoms with Crippen molar-refractivity contribution in [3.8, 4) is 11.8 Å². The Bertz CT molecular complexity index is 883. The Balaban J connectivity index is 2.31. The van der Waals surface area contributed by atoms with Crippen LogP contribution in [0.3, 0.4) is 0 Å². The molecule has 0 bridgehead atoms. The summed E-state index contributed by atoms with van der Waals surface area (Å²) in [4.78, 5) is 8.85. The third-order valence-electron chi connectivity index (χ3n) is 2.97. The van der Waals surface area contributed by atoms with Crippen molar-refractivity contribution in [1.29, 1.82) is 5.26 Å². The number of hydrogen-bond donors (Lipinski definition) is 0. The van der Waals surface area contributed by atoms with E-state index in [4.69, 9.17) is 28.5 Å². The Morgan fingerprint density at radius 2 is 2.14 bits per heavy atom. The fraction of sp³-hybridized carbons (Fsp3) is 0.0714. The van der Waals surface area contributed by atoms with Gasteiger partial charge in [0, 0.05) is 10.7 Å². The molecule has 2 aromatic heterocycles. The Hall–Kier alpha value is -1.61. The SMILES string of the molecule is N#Cc1ccc(-n2c(CCl)nc3cc(Br)cnc32)c(Cl)c1. The van der Waals surface area contributed by atoms with E-state index in [9.17, 15) is 0 Å². The fourth-order valence-corrected chi connectivity index (χ4v) is 2.85. The van der Waals surface area contributed by atoms with Crippen LogP contribution in [0.1, 0.15) is 11.4 Å². The second-order valence-electron chi connectivity index (χ2n) is 4.27. The van der Waals surface area contributed by atoms with Gasteiger partial charge in [-0.25, -0.2) is 9.97 Å². The molecular weight excluding hydrogens is 375 g/mol. The van der Waals surface area contributed by atoms with Crippen LogP contribution >= 0.6 is 39.1 Å². The van der Waals surface area contributed by atoms with E-state index >= 15 is 0 Å². The molecule has 2 heterocycles. The molecule has 3 rings (SSSR count). The number of nitriles is 1. The van der Waals surface area contributed by atoms with Crippen molar-refractivity contribution in [3.63, 3.8) is 0 Å². The topological polar surface area (TPSA) is 54.5 Å². The smallest absolute Gasteiger partial charge is 0.164 e. The van der Waals surface area contributed by atoms with E-state index in [-0.39, 0.29) is 5.88 Å². The first kappa shape index (κ1) is 14.3. The molecule has 0 amide bonds. The van der Waals surface area contributed by atoms with Crippen LogP contribution in [0.15, 0.2) is 34.9 Å². The van der Waals surface area contributed by atoms with E-state index in [0.29, 0.717) is 27.7 Å². The average molecular weight is 382 g/mol. The van der Waals surface area contributed by atoms with E-state index in [0.717, 1.165) is 9.99 Å². The standard InChI is InChI=1S/C14H7BrCl2N4/c15-9-4-11-14(19-7-9)21(13(5-16)20-11)12-2-1-8(6-18)3-10(12)17/h1-4,7H,5H2. The van der Waals surface area contributed by atoms with Crippen molar-refractivity contribution in [2.75, 3.05) is 0 Å². The molecule has 104 valence electrons. The number of pyridine rings is 1. The van der Waals surface area contributed by atoms with Crippen LogP contribution in [0, 0.1) is 11.3 Å². The molecule has 0 atom stereocenters. The maximum atomic E-state index is 8.92. The highest BCUT2D eigenvalue weighted by atomic mass is 79.9. The van der Waals surface area contributed by atoms with Crippen LogP contribution in [0.4, 0.5) is 0 Å². The van der Waals surface area contributed by atoms with Gasteiger partial charge in [0.1, 0.15) is 11.3 Å². The lowest BCUT2D eigenvalue weighted by atomic mass is 10.2. The van der Waals surface area contributed by atoms with Crippen molar-refractivity contribution in [3.05, 3.63) is 51.3 Å². The minimum absolute atomic E-state index is 0.226. The van der Waals surface area contributed by atoms with Crippen LogP contribution in [-0.4, -0.2) is 14.5 Å². The third kappa shape index (κ3) is 2.51. The third-order valence-corrected chi connectivity index (χ3v) is 3.95. The number of nitrogens with zero attached hydrogens (tertiary/aromatic N) is 4. The summed E-state index contributed by atoms with van der Waals surface area (Å²) in [6.07, 6.45) is 1.69.